The van der Waals surface area contributed by atoms with Crippen LogP contribution in [0.3, 0.4) is 0 Å². The van der Waals surface area contributed by atoms with Crippen molar-refractivity contribution < 1.29 is 44.2 Å². The summed E-state index contributed by atoms with van der Waals surface area (Å²) in [6, 6.07) is 0. The molecule has 1 rings (SSSR count). The quantitative estimate of drug-likeness (QED) is 0.0267. The largest absolute Gasteiger partial charge is 0.457 e. The summed E-state index contributed by atoms with van der Waals surface area (Å²) < 4.78 is 23.0. The smallest absolute Gasteiger partial charge is 0.306 e. The molecule has 1 fully saturated rings. The van der Waals surface area contributed by atoms with Gasteiger partial charge in [-0.3, -0.25) is 4.79 Å². The van der Waals surface area contributed by atoms with Crippen molar-refractivity contribution in [3.05, 3.63) is 60.8 Å². The van der Waals surface area contributed by atoms with Crippen LogP contribution in [-0.2, 0) is 23.7 Å². The number of hydrogen-bond acceptors (Lipinski definition) is 9. The van der Waals surface area contributed by atoms with Crippen LogP contribution in [0.4, 0.5) is 0 Å². The molecule has 9 nitrogen and oxygen atoms in total. The minimum atomic E-state index is -1.54. The van der Waals surface area contributed by atoms with Gasteiger partial charge in [0, 0.05) is 13.0 Å². The number of carbonyl (C=O) groups excluding carboxylic acids is 1. The standard InChI is InChI=1S/C63H114O9/c1-3-5-7-9-11-13-15-17-19-21-23-25-27-28-29-31-33-35-37-39-41-43-45-47-49-51-53-69-55-57(56-70-63-62(68)61(67)60(66)58(54-64)72-63)71-59(65)52-50-48-46-44-42-40-38-36-34-32-30-26-24-22-20-18-16-14-12-10-8-6-4-2/h6,8,12,14,18,20,24,26,32,34,57-58,60-64,66-68H,3-5,7,9-11,13,15-17,19,21-23,25,27-31,33,35-56H2,1-2H3/b8-6-,14-12-,20-18-,26-24-,34-32-. The molecule has 9 heteroatoms. The molecule has 0 aromatic heterocycles. The van der Waals surface area contributed by atoms with E-state index in [1.165, 1.54) is 173 Å². The lowest BCUT2D eigenvalue weighted by molar-refractivity contribution is -0.305. The van der Waals surface area contributed by atoms with Gasteiger partial charge in [0.05, 0.1) is 19.8 Å². The van der Waals surface area contributed by atoms with E-state index in [-0.39, 0.29) is 19.2 Å². The average Bonchev–Trinajstić information content (AvgIpc) is 3.38. The third kappa shape index (κ3) is 43.2. The van der Waals surface area contributed by atoms with Crippen LogP contribution < -0.4 is 0 Å². The number of esters is 1. The van der Waals surface area contributed by atoms with Crippen molar-refractivity contribution in [2.75, 3.05) is 26.4 Å². The third-order valence-corrected chi connectivity index (χ3v) is 13.9. The molecular formula is C63H114O9. The first-order chi connectivity index (χ1) is 35.4. The minimum absolute atomic E-state index is 0.117. The maximum absolute atomic E-state index is 12.9. The maximum Gasteiger partial charge on any atom is 0.306 e. The zero-order chi connectivity index (χ0) is 52.1. The molecule has 0 saturated carbocycles. The van der Waals surface area contributed by atoms with E-state index in [4.69, 9.17) is 18.9 Å². The predicted molar refractivity (Wildman–Crippen MR) is 302 cm³/mol. The number of ether oxygens (including phenoxy) is 4. The predicted octanol–water partition coefficient (Wildman–Crippen LogP) is 16.2. The van der Waals surface area contributed by atoms with Gasteiger partial charge in [-0.15, -0.1) is 0 Å². The van der Waals surface area contributed by atoms with Crippen molar-refractivity contribution in [1.29, 1.82) is 0 Å². The van der Waals surface area contributed by atoms with Crippen LogP contribution in [0.5, 0.6) is 0 Å². The van der Waals surface area contributed by atoms with Crippen LogP contribution in [0.2, 0.25) is 0 Å². The number of aliphatic hydroxyl groups is 4. The summed E-state index contributed by atoms with van der Waals surface area (Å²) >= 11 is 0. The molecule has 0 aromatic rings. The van der Waals surface area contributed by atoms with Crippen LogP contribution >= 0.6 is 0 Å². The average molecular weight is 1020 g/mol. The fraction of sp³-hybridized carbons (Fsp3) is 0.825. The molecule has 4 N–H and O–H groups in total. The van der Waals surface area contributed by atoms with E-state index in [2.05, 4.69) is 74.6 Å². The Kier molecular flexibility index (Phi) is 50.7. The Morgan fingerprint density at radius 2 is 0.847 bits per heavy atom. The second kappa shape index (κ2) is 53.7. The van der Waals surface area contributed by atoms with Crippen molar-refractivity contribution >= 4 is 5.97 Å². The highest BCUT2D eigenvalue weighted by Gasteiger charge is 2.44. The van der Waals surface area contributed by atoms with Crippen molar-refractivity contribution in [2.45, 2.75) is 307 Å². The molecule has 1 aliphatic rings. The SMILES string of the molecule is CC/C=C\C/C=C\C/C=C\C/C=C\C/C=C\CCCCCCCCCC(=O)OC(COCCCCCCCCCCCCCCCCCCCCCCCCCCCC)COC1OC(CO)C(O)C(O)C1O. The van der Waals surface area contributed by atoms with Gasteiger partial charge >= 0.3 is 5.97 Å². The van der Waals surface area contributed by atoms with Gasteiger partial charge in [-0.2, -0.15) is 0 Å². The Hall–Kier alpha value is -2.11. The number of unbranched alkanes of at least 4 members (excludes halogenated alkanes) is 32. The first-order valence-electron chi connectivity index (χ1n) is 30.4. The molecule has 1 aliphatic heterocycles. The number of allylic oxidation sites excluding steroid dienone is 10. The van der Waals surface area contributed by atoms with Gasteiger partial charge in [-0.05, 0) is 57.8 Å². The highest BCUT2D eigenvalue weighted by molar-refractivity contribution is 5.69. The number of aliphatic hydroxyl groups excluding tert-OH is 4. The van der Waals surface area contributed by atoms with Gasteiger partial charge in [0.1, 0.15) is 30.5 Å². The fourth-order valence-electron chi connectivity index (χ4n) is 9.29. The molecule has 0 aromatic carbocycles. The van der Waals surface area contributed by atoms with E-state index in [0.717, 1.165) is 77.0 Å². The number of carbonyl (C=O) groups is 1. The van der Waals surface area contributed by atoms with Crippen molar-refractivity contribution in [2.24, 2.45) is 0 Å². The summed E-state index contributed by atoms with van der Waals surface area (Å²) in [6.45, 7) is 4.48. The van der Waals surface area contributed by atoms with Gasteiger partial charge in [0.2, 0.25) is 0 Å². The molecule has 1 saturated heterocycles. The van der Waals surface area contributed by atoms with Gasteiger partial charge in [0.15, 0.2) is 6.29 Å². The van der Waals surface area contributed by atoms with Gasteiger partial charge in [-0.25, -0.2) is 0 Å². The molecule has 6 atom stereocenters. The van der Waals surface area contributed by atoms with Gasteiger partial charge in [0.25, 0.3) is 0 Å². The maximum atomic E-state index is 12.9. The van der Waals surface area contributed by atoms with Crippen LogP contribution in [-0.4, -0.2) is 89.6 Å². The lowest BCUT2D eigenvalue weighted by atomic mass is 9.99. The molecule has 1 heterocycles. The normalized spacial score (nSPS) is 19.1. The Morgan fingerprint density at radius 1 is 0.458 bits per heavy atom. The molecule has 0 aliphatic carbocycles. The minimum Gasteiger partial charge on any atom is -0.457 e. The first-order valence-corrected chi connectivity index (χ1v) is 30.4. The van der Waals surface area contributed by atoms with Crippen molar-refractivity contribution in [3.8, 4) is 0 Å². The zero-order valence-corrected chi connectivity index (χ0v) is 46.7. The monoisotopic (exact) mass is 1010 g/mol. The van der Waals surface area contributed by atoms with E-state index in [1.807, 2.05) is 0 Å². The molecule has 0 amide bonds. The fourth-order valence-corrected chi connectivity index (χ4v) is 9.29. The molecular weight excluding hydrogens is 901 g/mol. The van der Waals surface area contributed by atoms with Crippen LogP contribution in [0.15, 0.2) is 60.8 Å². The number of rotatable bonds is 53. The van der Waals surface area contributed by atoms with Crippen molar-refractivity contribution in [1.82, 2.24) is 0 Å². The second-order valence-corrected chi connectivity index (χ2v) is 20.8. The van der Waals surface area contributed by atoms with Crippen LogP contribution in [0, 0.1) is 0 Å². The highest BCUT2D eigenvalue weighted by Crippen LogP contribution is 2.23. The molecule has 0 spiro atoms. The Morgan fingerprint density at radius 3 is 1.28 bits per heavy atom. The molecule has 72 heavy (non-hydrogen) atoms. The molecule has 0 bridgehead atoms. The van der Waals surface area contributed by atoms with Gasteiger partial charge in [-0.1, -0.05) is 267 Å². The lowest BCUT2D eigenvalue weighted by Crippen LogP contribution is -2.59. The summed E-state index contributed by atoms with van der Waals surface area (Å²) in [6.07, 6.45) is 64.2. The number of hydrogen-bond donors (Lipinski definition) is 4. The topological polar surface area (TPSA) is 135 Å². The van der Waals surface area contributed by atoms with E-state index in [1.54, 1.807) is 0 Å². The summed E-state index contributed by atoms with van der Waals surface area (Å²) in [5, 5.41) is 40.4. The summed E-state index contributed by atoms with van der Waals surface area (Å²) in [5.41, 5.74) is 0. The Bertz CT molecular complexity index is 1290. The molecule has 0 radical (unpaired) electrons. The summed E-state index contributed by atoms with van der Waals surface area (Å²) in [7, 11) is 0. The molecule has 420 valence electrons. The first kappa shape index (κ1) is 67.9. The zero-order valence-electron chi connectivity index (χ0n) is 46.7. The van der Waals surface area contributed by atoms with Crippen molar-refractivity contribution in [3.63, 3.8) is 0 Å². The van der Waals surface area contributed by atoms with E-state index in [9.17, 15) is 25.2 Å². The Labute approximate surface area is 443 Å². The van der Waals surface area contributed by atoms with E-state index < -0.39 is 43.4 Å². The lowest BCUT2D eigenvalue weighted by Gasteiger charge is -2.39. The van der Waals surface area contributed by atoms with E-state index in [0.29, 0.717) is 13.0 Å². The summed E-state index contributed by atoms with van der Waals surface area (Å²) in [4.78, 5) is 12.9. The summed E-state index contributed by atoms with van der Waals surface area (Å²) in [5.74, 6) is -0.321. The third-order valence-electron chi connectivity index (χ3n) is 13.9. The van der Waals surface area contributed by atoms with Crippen LogP contribution in [0.25, 0.3) is 0 Å². The van der Waals surface area contributed by atoms with E-state index >= 15 is 0 Å². The highest BCUT2D eigenvalue weighted by atomic mass is 16.7. The molecule has 6 unspecified atom stereocenters. The van der Waals surface area contributed by atoms with Gasteiger partial charge < -0.3 is 39.4 Å². The Balaban J connectivity index is 2.13. The van der Waals surface area contributed by atoms with Crippen LogP contribution in [0.1, 0.15) is 271 Å². The second-order valence-electron chi connectivity index (χ2n) is 20.8.